The van der Waals surface area contributed by atoms with E-state index in [-0.39, 0.29) is 12.6 Å². The third-order valence-corrected chi connectivity index (χ3v) is 5.53. The van der Waals surface area contributed by atoms with Crippen LogP contribution in [0.3, 0.4) is 0 Å². The first kappa shape index (κ1) is 22.8. The summed E-state index contributed by atoms with van der Waals surface area (Å²) in [6.45, 7) is 8.33. The molecule has 6 heteroatoms. The Labute approximate surface area is 184 Å². The van der Waals surface area contributed by atoms with Crippen molar-refractivity contribution in [3.63, 3.8) is 0 Å². The number of nitrogens with zero attached hydrogens (tertiary/aromatic N) is 1. The van der Waals surface area contributed by atoms with E-state index in [0.29, 0.717) is 25.1 Å². The molecule has 0 aliphatic carbocycles. The zero-order valence-corrected chi connectivity index (χ0v) is 18.6. The highest BCUT2D eigenvalue weighted by atomic mass is 16.5. The van der Waals surface area contributed by atoms with Crippen LogP contribution in [0.25, 0.3) is 10.9 Å². The van der Waals surface area contributed by atoms with E-state index in [1.165, 1.54) is 0 Å². The van der Waals surface area contributed by atoms with Crippen molar-refractivity contribution in [3.8, 4) is 5.75 Å². The molecule has 0 spiro atoms. The maximum Gasteiger partial charge on any atom is 0.250 e. The number of ether oxygens (including phenoxy) is 1. The lowest BCUT2D eigenvalue weighted by molar-refractivity contribution is 0.100. The van der Waals surface area contributed by atoms with Gasteiger partial charge in [-0.15, -0.1) is 0 Å². The van der Waals surface area contributed by atoms with Crippen LogP contribution in [0.2, 0.25) is 0 Å². The van der Waals surface area contributed by atoms with Crippen LogP contribution >= 0.6 is 0 Å². The molecule has 0 radical (unpaired) electrons. The third kappa shape index (κ3) is 5.66. The molecule has 1 atom stereocenters. The molecule has 0 saturated heterocycles. The number of aromatic nitrogens is 1. The molecule has 0 aliphatic heterocycles. The van der Waals surface area contributed by atoms with Gasteiger partial charge in [-0.2, -0.15) is 0 Å². The molecule has 0 unspecified atom stereocenters. The molecule has 3 aromatic rings. The number of benzene rings is 2. The molecule has 1 heterocycles. The number of amides is 1. The van der Waals surface area contributed by atoms with E-state index in [9.17, 15) is 4.79 Å². The molecule has 4 N–H and O–H groups in total. The topological polar surface area (TPSA) is 89.5 Å². The molecule has 166 valence electrons. The smallest absolute Gasteiger partial charge is 0.250 e. The predicted octanol–water partition coefficient (Wildman–Crippen LogP) is 3.34. The van der Waals surface area contributed by atoms with Gasteiger partial charge in [0.2, 0.25) is 0 Å². The van der Waals surface area contributed by atoms with Crippen molar-refractivity contribution in [3.05, 3.63) is 64.8 Å². The van der Waals surface area contributed by atoms with Crippen LogP contribution in [-0.4, -0.2) is 41.4 Å². The lowest BCUT2D eigenvalue weighted by Crippen LogP contribution is -2.32. The zero-order chi connectivity index (χ0) is 22.4. The highest BCUT2D eigenvalue weighted by Crippen LogP contribution is 2.24. The van der Waals surface area contributed by atoms with E-state index in [2.05, 4.69) is 44.3 Å². The van der Waals surface area contributed by atoms with E-state index in [1.807, 2.05) is 29.0 Å². The fourth-order valence-corrected chi connectivity index (χ4v) is 4.06. The second-order valence-electron chi connectivity index (χ2n) is 8.16. The summed E-state index contributed by atoms with van der Waals surface area (Å²) in [5, 5.41) is 13.6. The number of aryl methyl sites for hydroxylation is 3. The molecule has 1 aromatic heterocycles. The summed E-state index contributed by atoms with van der Waals surface area (Å²) in [5.74, 6) is 0.526. The zero-order valence-electron chi connectivity index (χ0n) is 18.6. The van der Waals surface area contributed by atoms with Crippen LogP contribution in [0.5, 0.6) is 5.75 Å². The first-order valence-electron chi connectivity index (χ1n) is 10.9. The maximum atomic E-state index is 12.1. The fourth-order valence-electron chi connectivity index (χ4n) is 4.06. The number of nitrogens with two attached hydrogens (primary N) is 1. The number of fused-ring (bicyclic) bond motifs is 1. The van der Waals surface area contributed by atoms with E-state index < -0.39 is 5.91 Å². The lowest BCUT2D eigenvalue weighted by Gasteiger charge is -2.17. The minimum absolute atomic E-state index is 0.111. The Morgan fingerprint density at radius 2 is 1.97 bits per heavy atom. The molecule has 0 saturated carbocycles. The maximum absolute atomic E-state index is 12.1. The molecule has 6 nitrogen and oxygen atoms in total. The highest BCUT2D eigenvalue weighted by Gasteiger charge is 2.14. The van der Waals surface area contributed by atoms with Crippen LogP contribution in [0, 0.1) is 13.8 Å². The lowest BCUT2D eigenvalue weighted by atomic mass is 10.0. The monoisotopic (exact) mass is 423 g/mol. The van der Waals surface area contributed by atoms with Crippen LogP contribution in [0.1, 0.15) is 40.4 Å². The van der Waals surface area contributed by atoms with Crippen molar-refractivity contribution < 1.29 is 14.6 Å². The van der Waals surface area contributed by atoms with Crippen molar-refractivity contribution in [2.45, 2.75) is 46.2 Å². The number of rotatable bonds is 11. The van der Waals surface area contributed by atoms with Crippen LogP contribution in [-0.2, 0) is 13.0 Å². The van der Waals surface area contributed by atoms with Gasteiger partial charge in [0.05, 0.1) is 11.1 Å². The van der Waals surface area contributed by atoms with Crippen LogP contribution in [0.15, 0.2) is 42.6 Å². The number of hydrogen-bond acceptors (Lipinski definition) is 4. The fraction of sp³-hybridized carbons (Fsp3) is 0.400. The molecule has 2 aromatic carbocycles. The highest BCUT2D eigenvalue weighted by molar-refractivity contribution is 6.05. The Kier molecular flexibility index (Phi) is 7.71. The summed E-state index contributed by atoms with van der Waals surface area (Å²) in [6.07, 6.45) is 3.36. The Balaban J connectivity index is 1.62. The first-order chi connectivity index (χ1) is 14.9. The van der Waals surface area contributed by atoms with Gasteiger partial charge in [0.1, 0.15) is 12.4 Å². The minimum atomic E-state index is -0.432. The number of carbonyl (C=O) groups is 1. The molecular formula is C25H33N3O3. The summed E-state index contributed by atoms with van der Waals surface area (Å²) >= 11 is 0. The van der Waals surface area contributed by atoms with Gasteiger partial charge in [-0.05, 0) is 68.5 Å². The molecule has 31 heavy (non-hydrogen) atoms. The third-order valence-electron chi connectivity index (χ3n) is 5.53. The summed E-state index contributed by atoms with van der Waals surface area (Å²) in [5.41, 5.74) is 10.4. The average Bonchev–Trinajstić information content (AvgIpc) is 3.13. The molecule has 0 aliphatic rings. The van der Waals surface area contributed by atoms with E-state index >= 15 is 0 Å². The second kappa shape index (κ2) is 10.5. The number of hydrogen-bond donors (Lipinski definition) is 3. The van der Waals surface area contributed by atoms with Crippen LogP contribution < -0.4 is 15.8 Å². The predicted molar refractivity (Wildman–Crippen MR) is 125 cm³/mol. The molecule has 3 rings (SSSR count). The molecule has 0 bridgehead atoms. The van der Waals surface area contributed by atoms with Gasteiger partial charge in [0.25, 0.3) is 5.91 Å². The van der Waals surface area contributed by atoms with Gasteiger partial charge in [0.15, 0.2) is 0 Å². The first-order valence-corrected chi connectivity index (χ1v) is 10.9. The largest absolute Gasteiger partial charge is 0.492 e. The van der Waals surface area contributed by atoms with Gasteiger partial charge < -0.3 is 25.5 Å². The van der Waals surface area contributed by atoms with Crippen molar-refractivity contribution in [2.75, 3.05) is 19.8 Å². The van der Waals surface area contributed by atoms with Crippen LogP contribution in [0.4, 0.5) is 0 Å². The van der Waals surface area contributed by atoms with E-state index in [0.717, 1.165) is 46.3 Å². The normalized spacial score (nSPS) is 12.3. The van der Waals surface area contributed by atoms with Crippen molar-refractivity contribution in [1.29, 1.82) is 0 Å². The quantitative estimate of drug-likeness (QED) is 0.413. The Morgan fingerprint density at radius 3 is 2.65 bits per heavy atom. The minimum Gasteiger partial charge on any atom is -0.492 e. The van der Waals surface area contributed by atoms with Crippen molar-refractivity contribution in [1.82, 2.24) is 9.88 Å². The molecular weight excluding hydrogens is 390 g/mol. The van der Waals surface area contributed by atoms with Gasteiger partial charge in [0, 0.05) is 37.3 Å². The Bertz CT molecular complexity index is 1020. The number of primary amides is 1. The molecule has 0 fully saturated rings. The second-order valence-corrected chi connectivity index (χ2v) is 8.16. The van der Waals surface area contributed by atoms with E-state index in [4.69, 9.17) is 15.6 Å². The number of aliphatic hydroxyl groups is 1. The number of carbonyl (C=O) groups excluding carboxylic acids is 1. The number of nitrogens with one attached hydrogen (secondary N) is 1. The summed E-state index contributed by atoms with van der Waals surface area (Å²) in [6, 6.07) is 12.4. The van der Waals surface area contributed by atoms with Crippen molar-refractivity contribution >= 4 is 16.8 Å². The number of aliphatic hydroxyl groups excluding tert-OH is 1. The summed E-state index contributed by atoms with van der Waals surface area (Å²) < 4.78 is 7.96. The average molecular weight is 424 g/mol. The van der Waals surface area contributed by atoms with Gasteiger partial charge in [-0.25, -0.2) is 0 Å². The summed E-state index contributed by atoms with van der Waals surface area (Å²) in [7, 11) is 0. The van der Waals surface area contributed by atoms with Gasteiger partial charge in [-0.3, -0.25) is 4.79 Å². The van der Waals surface area contributed by atoms with Crippen molar-refractivity contribution in [2.24, 2.45) is 5.73 Å². The van der Waals surface area contributed by atoms with E-state index in [1.54, 1.807) is 0 Å². The SMILES string of the molecule is Cc1cccc(C)c1OCCN[C@H](C)Cc1cc(C(N)=O)c2c(ccn2CCCO)c1. The Morgan fingerprint density at radius 1 is 1.23 bits per heavy atom. The Hall–Kier alpha value is -2.83. The standard InChI is InChI=1S/C25H33N3O3/c1-17-6-4-7-18(2)24(17)31-13-9-27-19(3)14-20-15-21-8-11-28(10-5-12-29)23(21)22(16-20)25(26)30/h4,6-8,11,15-16,19,27,29H,5,9-10,12-14H2,1-3H3,(H2,26,30)/t19-/m1/s1. The number of para-hydroxylation sites is 1. The molecule has 1 amide bonds. The summed E-state index contributed by atoms with van der Waals surface area (Å²) in [4.78, 5) is 12.1. The van der Waals surface area contributed by atoms with Gasteiger partial charge >= 0.3 is 0 Å². The van der Waals surface area contributed by atoms with Gasteiger partial charge in [-0.1, -0.05) is 18.2 Å².